The van der Waals surface area contributed by atoms with Crippen LogP contribution in [-0.2, 0) is 10.5 Å². The van der Waals surface area contributed by atoms with Crippen molar-refractivity contribution in [2.24, 2.45) is 0 Å². The van der Waals surface area contributed by atoms with Crippen molar-refractivity contribution in [3.05, 3.63) is 41.3 Å². The summed E-state index contributed by atoms with van der Waals surface area (Å²) in [6.07, 6.45) is 2.57. The van der Waals surface area contributed by atoms with Crippen LogP contribution in [0.5, 0.6) is 0 Å². The average Bonchev–Trinajstić information content (AvgIpc) is 3.26. The molecule has 3 rings (SSSR count). The van der Waals surface area contributed by atoms with Crippen molar-refractivity contribution in [1.82, 2.24) is 15.2 Å². The molecule has 0 bridgehead atoms. The van der Waals surface area contributed by atoms with Crippen LogP contribution in [0.3, 0.4) is 0 Å². The van der Waals surface area contributed by atoms with Gasteiger partial charge in [0.15, 0.2) is 0 Å². The minimum atomic E-state index is 0.0918. The fraction of sp³-hybridized carbons (Fsp3) is 0.500. The lowest BCUT2D eigenvalue weighted by molar-refractivity contribution is -0.118. The number of thioether (sulfide) groups is 1. The highest BCUT2D eigenvalue weighted by Crippen LogP contribution is 2.24. The van der Waals surface area contributed by atoms with Crippen LogP contribution < -0.4 is 5.32 Å². The maximum Gasteiger partial charge on any atom is 0.230 e. The number of likely N-dealkylation sites (tertiary alicyclic amines) is 1. The largest absolute Gasteiger partial charge is 0.441 e. The summed E-state index contributed by atoms with van der Waals surface area (Å²) in [5.41, 5.74) is 3.11. The highest BCUT2D eigenvalue weighted by Gasteiger charge is 2.13. The Morgan fingerprint density at radius 1 is 1.23 bits per heavy atom. The van der Waals surface area contributed by atoms with Gasteiger partial charge in [-0.25, -0.2) is 4.98 Å². The Morgan fingerprint density at radius 2 is 1.96 bits per heavy atom. The van der Waals surface area contributed by atoms with Gasteiger partial charge in [0.05, 0.1) is 11.4 Å². The van der Waals surface area contributed by atoms with E-state index in [1.165, 1.54) is 31.5 Å². The topological polar surface area (TPSA) is 58.4 Å². The number of hydrogen-bond donors (Lipinski definition) is 1. The molecule has 1 saturated heterocycles. The predicted molar refractivity (Wildman–Crippen MR) is 106 cm³/mol. The van der Waals surface area contributed by atoms with Crippen LogP contribution in [-0.4, -0.2) is 47.7 Å². The second kappa shape index (κ2) is 9.24. The summed E-state index contributed by atoms with van der Waals surface area (Å²) in [4.78, 5) is 19.0. The van der Waals surface area contributed by atoms with E-state index in [0.717, 1.165) is 30.1 Å². The summed E-state index contributed by atoms with van der Waals surface area (Å²) >= 11 is 1.57. The highest BCUT2D eigenvalue weighted by molar-refractivity contribution is 7.99. The summed E-state index contributed by atoms with van der Waals surface area (Å²) < 4.78 is 5.79. The molecule has 6 heteroatoms. The molecule has 1 aliphatic heterocycles. The maximum absolute atomic E-state index is 12.0. The minimum absolute atomic E-state index is 0.0918. The van der Waals surface area contributed by atoms with Gasteiger partial charge in [-0.1, -0.05) is 17.7 Å². The Morgan fingerprint density at radius 3 is 2.69 bits per heavy atom. The van der Waals surface area contributed by atoms with Crippen LogP contribution in [0, 0.1) is 13.8 Å². The number of rotatable bonds is 8. The van der Waals surface area contributed by atoms with Gasteiger partial charge in [-0.05, 0) is 51.9 Å². The zero-order chi connectivity index (χ0) is 18.4. The standard InChI is InChI=1S/C20H27N3O2S/c1-15-5-7-17(8-6-15)20-22-18(16(2)25-20)13-26-14-19(24)21-9-12-23-10-3-4-11-23/h5-8H,3-4,9-14H2,1-2H3,(H,21,24). The maximum atomic E-state index is 12.0. The van der Waals surface area contributed by atoms with Gasteiger partial charge in [0.1, 0.15) is 5.76 Å². The first-order chi connectivity index (χ1) is 12.6. The van der Waals surface area contributed by atoms with Crippen LogP contribution in [0.2, 0.25) is 0 Å². The molecule has 2 aromatic rings. The van der Waals surface area contributed by atoms with Gasteiger partial charge in [-0.3, -0.25) is 4.79 Å². The molecule has 0 unspecified atom stereocenters. The smallest absolute Gasteiger partial charge is 0.230 e. The van der Waals surface area contributed by atoms with Crippen molar-refractivity contribution in [2.45, 2.75) is 32.4 Å². The lowest BCUT2D eigenvalue weighted by Gasteiger charge is -2.14. The Labute approximate surface area is 159 Å². The van der Waals surface area contributed by atoms with Crippen LogP contribution in [0.4, 0.5) is 0 Å². The first-order valence-electron chi connectivity index (χ1n) is 9.22. The second-order valence-corrected chi connectivity index (χ2v) is 7.77. The van der Waals surface area contributed by atoms with Crippen LogP contribution in [0.1, 0.15) is 29.9 Å². The molecule has 1 fully saturated rings. The van der Waals surface area contributed by atoms with E-state index < -0.39 is 0 Å². The number of amides is 1. The minimum Gasteiger partial charge on any atom is -0.441 e. The monoisotopic (exact) mass is 373 g/mol. The molecule has 1 amide bonds. The molecule has 2 heterocycles. The molecule has 1 aliphatic rings. The molecule has 26 heavy (non-hydrogen) atoms. The zero-order valence-electron chi connectivity index (χ0n) is 15.6. The van der Waals surface area contributed by atoms with E-state index in [9.17, 15) is 4.79 Å². The van der Waals surface area contributed by atoms with Crippen molar-refractivity contribution >= 4 is 17.7 Å². The summed E-state index contributed by atoms with van der Waals surface area (Å²) in [6, 6.07) is 8.14. The third kappa shape index (κ3) is 5.35. The van der Waals surface area contributed by atoms with E-state index in [0.29, 0.717) is 17.4 Å². The van der Waals surface area contributed by atoms with E-state index in [2.05, 4.69) is 34.3 Å². The van der Waals surface area contributed by atoms with Gasteiger partial charge in [-0.15, -0.1) is 11.8 Å². The summed E-state index contributed by atoms with van der Waals surface area (Å²) in [5, 5.41) is 3.00. The first kappa shape index (κ1) is 19.0. The Balaban J connectivity index is 1.41. The van der Waals surface area contributed by atoms with E-state index in [1.807, 2.05) is 19.1 Å². The van der Waals surface area contributed by atoms with Gasteiger partial charge in [0.25, 0.3) is 0 Å². The molecule has 0 atom stereocenters. The number of nitrogens with zero attached hydrogens (tertiary/aromatic N) is 2. The second-order valence-electron chi connectivity index (χ2n) is 6.78. The van der Waals surface area contributed by atoms with Crippen molar-refractivity contribution in [3.63, 3.8) is 0 Å². The number of oxazole rings is 1. The summed E-state index contributed by atoms with van der Waals surface area (Å²) in [6.45, 7) is 8.01. The van der Waals surface area contributed by atoms with E-state index in [1.54, 1.807) is 11.8 Å². The van der Waals surface area contributed by atoms with Gasteiger partial charge in [0, 0.05) is 24.4 Å². The molecule has 0 radical (unpaired) electrons. The number of carbonyl (C=O) groups is 1. The molecule has 5 nitrogen and oxygen atoms in total. The summed E-state index contributed by atoms with van der Waals surface area (Å²) in [7, 11) is 0. The van der Waals surface area contributed by atoms with Gasteiger partial charge >= 0.3 is 0 Å². The Kier molecular flexibility index (Phi) is 6.74. The first-order valence-corrected chi connectivity index (χ1v) is 10.4. The molecule has 1 aromatic carbocycles. The lowest BCUT2D eigenvalue weighted by atomic mass is 10.1. The van der Waals surface area contributed by atoms with E-state index >= 15 is 0 Å². The fourth-order valence-electron chi connectivity index (χ4n) is 3.03. The molecular formula is C20H27N3O2S. The predicted octanol–water partition coefficient (Wildman–Crippen LogP) is 3.40. The zero-order valence-corrected chi connectivity index (χ0v) is 16.4. The van der Waals surface area contributed by atoms with Crippen molar-refractivity contribution in [1.29, 1.82) is 0 Å². The normalized spacial score (nSPS) is 14.7. The van der Waals surface area contributed by atoms with E-state index in [-0.39, 0.29) is 5.91 Å². The number of hydrogen-bond acceptors (Lipinski definition) is 5. The SMILES string of the molecule is Cc1ccc(-c2nc(CSCC(=O)NCCN3CCCC3)c(C)o2)cc1. The number of carbonyl (C=O) groups excluding carboxylic acids is 1. The molecule has 0 saturated carbocycles. The van der Waals surface area contributed by atoms with E-state index in [4.69, 9.17) is 4.42 Å². The van der Waals surface area contributed by atoms with Crippen molar-refractivity contribution in [3.8, 4) is 11.5 Å². The van der Waals surface area contributed by atoms with Crippen LogP contribution in [0.25, 0.3) is 11.5 Å². The molecule has 1 N–H and O–H groups in total. The molecule has 1 aromatic heterocycles. The van der Waals surface area contributed by atoms with Gasteiger partial charge in [0.2, 0.25) is 11.8 Å². The number of benzene rings is 1. The highest BCUT2D eigenvalue weighted by atomic mass is 32.2. The molecular weight excluding hydrogens is 346 g/mol. The van der Waals surface area contributed by atoms with Gasteiger partial charge in [-0.2, -0.15) is 0 Å². The van der Waals surface area contributed by atoms with Crippen molar-refractivity contribution in [2.75, 3.05) is 31.9 Å². The average molecular weight is 374 g/mol. The Hall–Kier alpha value is -1.79. The quantitative estimate of drug-likeness (QED) is 0.768. The summed E-state index contributed by atoms with van der Waals surface area (Å²) in [5.74, 6) is 2.69. The third-order valence-electron chi connectivity index (χ3n) is 4.61. The molecule has 0 spiro atoms. The third-order valence-corrected chi connectivity index (χ3v) is 5.56. The van der Waals surface area contributed by atoms with Crippen LogP contribution >= 0.6 is 11.8 Å². The Bertz CT molecular complexity index is 721. The molecule has 140 valence electrons. The molecule has 0 aliphatic carbocycles. The lowest BCUT2D eigenvalue weighted by Crippen LogP contribution is -2.34. The number of nitrogens with one attached hydrogen (secondary N) is 1. The fourth-order valence-corrected chi connectivity index (χ4v) is 3.88. The number of aromatic nitrogens is 1. The van der Waals surface area contributed by atoms with Crippen molar-refractivity contribution < 1.29 is 9.21 Å². The van der Waals surface area contributed by atoms with Gasteiger partial charge < -0.3 is 14.6 Å². The van der Waals surface area contributed by atoms with Crippen LogP contribution in [0.15, 0.2) is 28.7 Å². The number of aryl methyl sites for hydroxylation is 2.